The number of ether oxygens (including phenoxy) is 1. The van der Waals surface area contributed by atoms with Gasteiger partial charge in [0, 0.05) is 18.3 Å². The van der Waals surface area contributed by atoms with Crippen molar-refractivity contribution in [2.75, 3.05) is 5.73 Å². The molecule has 0 aliphatic rings. The van der Waals surface area contributed by atoms with Gasteiger partial charge in [0.2, 0.25) is 5.88 Å². The van der Waals surface area contributed by atoms with Gasteiger partial charge in [0.1, 0.15) is 17.6 Å². The standard InChI is InChI=1S/C15H15ClN4O/c1-9(2)20-6-5-13-14(20)15(19-8-18-13)21-10-3-4-12(17)11(16)7-10/h3-9H,17H2,1-2H3. The first-order valence-corrected chi connectivity index (χ1v) is 6.98. The van der Waals surface area contributed by atoms with Gasteiger partial charge in [0.25, 0.3) is 0 Å². The molecule has 0 saturated carbocycles. The molecule has 2 heterocycles. The first kappa shape index (κ1) is 13.7. The van der Waals surface area contributed by atoms with Crippen molar-refractivity contribution in [1.29, 1.82) is 0 Å². The summed E-state index contributed by atoms with van der Waals surface area (Å²) >= 11 is 6.02. The molecule has 0 radical (unpaired) electrons. The normalized spacial score (nSPS) is 11.2. The van der Waals surface area contributed by atoms with Crippen molar-refractivity contribution in [2.24, 2.45) is 0 Å². The largest absolute Gasteiger partial charge is 0.437 e. The smallest absolute Gasteiger partial charge is 0.247 e. The third-order valence-electron chi connectivity index (χ3n) is 3.21. The molecule has 1 aromatic carbocycles. The Morgan fingerprint density at radius 2 is 2.05 bits per heavy atom. The summed E-state index contributed by atoms with van der Waals surface area (Å²) in [5.41, 5.74) is 7.92. The highest BCUT2D eigenvalue weighted by atomic mass is 35.5. The van der Waals surface area contributed by atoms with E-state index in [1.165, 1.54) is 6.33 Å². The van der Waals surface area contributed by atoms with Gasteiger partial charge in [-0.2, -0.15) is 4.98 Å². The number of rotatable bonds is 3. The summed E-state index contributed by atoms with van der Waals surface area (Å²) in [7, 11) is 0. The van der Waals surface area contributed by atoms with E-state index in [-0.39, 0.29) is 6.04 Å². The van der Waals surface area contributed by atoms with Gasteiger partial charge >= 0.3 is 0 Å². The van der Waals surface area contributed by atoms with Gasteiger partial charge in [-0.15, -0.1) is 0 Å². The van der Waals surface area contributed by atoms with Crippen LogP contribution in [0.4, 0.5) is 5.69 Å². The molecular formula is C15H15ClN4O. The predicted molar refractivity (Wildman–Crippen MR) is 83.9 cm³/mol. The Labute approximate surface area is 127 Å². The topological polar surface area (TPSA) is 66.0 Å². The molecule has 0 amide bonds. The minimum atomic E-state index is 0.283. The number of aromatic nitrogens is 3. The van der Waals surface area contributed by atoms with Gasteiger partial charge in [-0.1, -0.05) is 11.6 Å². The fraction of sp³-hybridized carbons (Fsp3) is 0.200. The molecule has 3 rings (SSSR count). The number of nitrogen functional groups attached to an aromatic ring is 1. The maximum absolute atomic E-state index is 6.02. The number of hydrogen-bond donors (Lipinski definition) is 1. The Hall–Kier alpha value is -2.27. The summed E-state index contributed by atoms with van der Waals surface area (Å²) in [5.74, 6) is 1.09. The highest BCUT2D eigenvalue weighted by Crippen LogP contribution is 2.31. The summed E-state index contributed by atoms with van der Waals surface area (Å²) in [5, 5.41) is 0.456. The summed E-state index contributed by atoms with van der Waals surface area (Å²) in [6.07, 6.45) is 3.47. The average molecular weight is 303 g/mol. The molecule has 2 N–H and O–H groups in total. The number of anilines is 1. The zero-order chi connectivity index (χ0) is 15.0. The van der Waals surface area contributed by atoms with E-state index in [2.05, 4.69) is 28.4 Å². The minimum absolute atomic E-state index is 0.283. The molecule has 3 aromatic rings. The van der Waals surface area contributed by atoms with Crippen molar-refractivity contribution in [3.05, 3.63) is 41.8 Å². The van der Waals surface area contributed by atoms with Crippen LogP contribution in [0.5, 0.6) is 11.6 Å². The van der Waals surface area contributed by atoms with Crippen LogP contribution in [0.2, 0.25) is 5.02 Å². The molecule has 0 saturated heterocycles. The van der Waals surface area contributed by atoms with E-state index in [4.69, 9.17) is 22.1 Å². The average Bonchev–Trinajstić information content (AvgIpc) is 2.88. The second-order valence-corrected chi connectivity index (χ2v) is 5.42. The van der Waals surface area contributed by atoms with E-state index in [9.17, 15) is 0 Å². The highest BCUT2D eigenvalue weighted by Gasteiger charge is 2.13. The van der Waals surface area contributed by atoms with Gasteiger partial charge in [0.15, 0.2) is 0 Å². The molecule has 21 heavy (non-hydrogen) atoms. The third-order valence-corrected chi connectivity index (χ3v) is 3.54. The van der Waals surface area contributed by atoms with Crippen LogP contribution in [0.15, 0.2) is 36.8 Å². The van der Waals surface area contributed by atoms with Crippen LogP contribution in [-0.4, -0.2) is 14.5 Å². The second kappa shape index (κ2) is 5.26. The van der Waals surface area contributed by atoms with Crippen LogP contribution in [0.25, 0.3) is 11.0 Å². The second-order valence-electron chi connectivity index (χ2n) is 5.01. The number of nitrogens with zero attached hydrogens (tertiary/aromatic N) is 3. The van der Waals surface area contributed by atoms with E-state index in [0.29, 0.717) is 22.3 Å². The van der Waals surface area contributed by atoms with E-state index in [0.717, 1.165) is 11.0 Å². The highest BCUT2D eigenvalue weighted by molar-refractivity contribution is 6.33. The van der Waals surface area contributed by atoms with Crippen molar-refractivity contribution in [2.45, 2.75) is 19.9 Å². The van der Waals surface area contributed by atoms with Gasteiger partial charge in [0.05, 0.1) is 16.2 Å². The Balaban J connectivity index is 2.07. The number of benzene rings is 1. The molecule has 0 aliphatic carbocycles. The zero-order valence-electron chi connectivity index (χ0n) is 11.7. The van der Waals surface area contributed by atoms with Crippen molar-refractivity contribution in [1.82, 2.24) is 14.5 Å². The van der Waals surface area contributed by atoms with Crippen LogP contribution >= 0.6 is 11.6 Å². The number of hydrogen-bond acceptors (Lipinski definition) is 4. The lowest BCUT2D eigenvalue weighted by atomic mass is 10.3. The first-order valence-electron chi connectivity index (χ1n) is 6.60. The van der Waals surface area contributed by atoms with Crippen LogP contribution in [0, 0.1) is 0 Å². The molecule has 5 nitrogen and oxygen atoms in total. The lowest BCUT2D eigenvalue weighted by Crippen LogP contribution is -2.01. The fourth-order valence-electron chi connectivity index (χ4n) is 2.15. The Kier molecular flexibility index (Phi) is 3.43. The van der Waals surface area contributed by atoms with Crippen molar-refractivity contribution >= 4 is 28.3 Å². The summed E-state index contributed by atoms with van der Waals surface area (Å²) in [6.45, 7) is 4.19. The predicted octanol–water partition coefficient (Wildman–Crippen LogP) is 4.04. The summed E-state index contributed by atoms with van der Waals surface area (Å²) in [6, 6.07) is 7.37. The van der Waals surface area contributed by atoms with Gasteiger partial charge in [-0.25, -0.2) is 4.98 Å². The zero-order valence-corrected chi connectivity index (χ0v) is 12.5. The Morgan fingerprint density at radius 3 is 2.76 bits per heavy atom. The molecule has 108 valence electrons. The van der Waals surface area contributed by atoms with Gasteiger partial charge in [-0.3, -0.25) is 0 Å². The van der Waals surface area contributed by atoms with Crippen molar-refractivity contribution in [3.8, 4) is 11.6 Å². The van der Waals surface area contributed by atoms with Crippen LogP contribution < -0.4 is 10.5 Å². The van der Waals surface area contributed by atoms with Crippen molar-refractivity contribution in [3.63, 3.8) is 0 Å². The molecular weight excluding hydrogens is 288 g/mol. The first-order chi connectivity index (χ1) is 10.1. The number of fused-ring (bicyclic) bond motifs is 1. The minimum Gasteiger partial charge on any atom is -0.437 e. The van der Waals surface area contributed by atoms with Crippen molar-refractivity contribution < 1.29 is 4.74 Å². The Bertz CT molecular complexity index is 797. The lowest BCUT2D eigenvalue weighted by Gasteiger charge is -2.12. The third kappa shape index (κ3) is 2.52. The fourth-order valence-corrected chi connectivity index (χ4v) is 2.32. The van der Waals surface area contributed by atoms with Crippen LogP contribution in [0.1, 0.15) is 19.9 Å². The van der Waals surface area contributed by atoms with E-state index in [1.54, 1.807) is 18.2 Å². The van der Waals surface area contributed by atoms with E-state index < -0.39 is 0 Å². The van der Waals surface area contributed by atoms with Crippen LogP contribution in [-0.2, 0) is 0 Å². The van der Waals surface area contributed by atoms with Crippen LogP contribution in [0.3, 0.4) is 0 Å². The summed E-state index contributed by atoms with van der Waals surface area (Å²) in [4.78, 5) is 8.50. The molecule has 2 aromatic heterocycles. The monoisotopic (exact) mass is 302 g/mol. The number of halogens is 1. The summed E-state index contributed by atoms with van der Waals surface area (Å²) < 4.78 is 7.94. The maximum Gasteiger partial charge on any atom is 0.247 e. The SMILES string of the molecule is CC(C)n1ccc2ncnc(Oc3ccc(N)c(Cl)c3)c21. The molecule has 0 atom stereocenters. The molecule has 0 spiro atoms. The maximum atomic E-state index is 6.02. The number of nitrogens with two attached hydrogens (primary N) is 1. The van der Waals surface area contributed by atoms with Gasteiger partial charge < -0.3 is 15.0 Å². The van der Waals surface area contributed by atoms with E-state index >= 15 is 0 Å². The molecule has 0 fully saturated rings. The molecule has 6 heteroatoms. The Morgan fingerprint density at radius 1 is 1.24 bits per heavy atom. The molecule has 0 unspecified atom stereocenters. The van der Waals surface area contributed by atoms with Gasteiger partial charge in [-0.05, 0) is 32.0 Å². The molecule has 0 aliphatic heterocycles. The quantitative estimate of drug-likeness (QED) is 0.741. The molecule has 0 bridgehead atoms. The van der Waals surface area contributed by atoms with E-state index in [1.807, 2.05) is 12.3 Å². The lowest BCUT2D eigenvalue weighted by molar-refractivity contribution is 0.462.